The number of halogens is 1. The Hall–Kier alpha value is -0.950. The molecule has 0 aliphatic carbocycles. The Balaban J connectivity index is 2.35. The van der Waals surface area contributed by atoms with Crippen molar-refractivity contribution in [3.8, 4) is 0 Å². The summed E-state index contributed by atoms with van der Waals surface area (Å²) in [4.78, 5) is 0.300. The lowest BCUT2D eigenvalue weighted by Crippen LogP contribution is -2.25. The van der Waals surface area contributed by atoms with Crippen molar-refractivity contribution in [2.24, 2.45) is 0 Å². The molecular formula is C14H16BrNO3S. The number of fused-ring (bicyclic) bond motifs is 1. The maximum atomic E-state index is 12.4. The minimum Gasteiger partial charge on any atom is -0.385 e. The zero-order chi connectivity index (χ0) is 14.6. The maximum absolute atomic E-state index is 12.4. The van der Waals surface area contributed by atoms with Gasteiger partial charge in [0.05, 0.1) is 4.90 Å². The molecule has 0 heterocycles. The molecule has 0 saturated carbocycles. The number of methoxy groups -OCH3 is 1. The molecule has 0 bridgehead atoms. The number of rotatable bonds is 6. The molecule has 0 aliphatic rings. The third-order valence-corrected chi connectivity index (χ3v) is 5.15. The third kappa shape index (κ3) is 3.38. The van der Waals surface area contributed by atoms with Crippen molar-refractivity contribution < 1.29 is 13.2 Å². The van der Waals surface area contributed by atoms with Crippen molar-refractivity contribution in [2.45, 2.75) is 11.3 Å². The van der Waals surface area contributed by atoms with Gasteiger partial charge in [-0.05, 0) is 23.9 Å². The second kappa shape index (κ2) is 6.67. The van der Waals surface area contributed by atoms with Gasteiger partial charge in [-0.2, -0.15) is 0 Å². The van der Waals surface area contributed by atoms with E-state index in [0.29, 0.717) is 29.9 Å². The summed E-state index contributed by atoms with van der Waals surface area (Å²) in [5.41, 5.74) is 0. The van der Waals surface area contributed by atoms with Gasteiger partial charge in [-0.15, -0.1) is 0 Å². The van der Waals surface area contributed by atoms with Gasteiger partial charge in [-0.3, -0.25) is 0 Å². The van der Waals surface area contributed by atoms with E-state index in [2.05, 4.69) is 20.7 Å². The predicted octanol–water partition coefficient (Wildman–Crippen LogP) is 2.92. The second-order valence-electron chi connectivity index (χ2n) is 4.34. The van der Waals surface area contributed by atoms with E-state index in [-0.39, 0.29) is 0 Å². The van der Waals surface area contributed by atoms with Crippen LogP contribution in [0.1, 0.15) is 6.42 Å². The van der Waals surface area contributed by atoms with E-state index in [1.54, 1.807) is 19.2 Å². The molecule has 0 atom stereocenters. The summed E-state index contributed by atoms with van der Waals surface area (Å²) in [6.07, 6.45) is 0.643. The molecule has 2 aromatic rings. The smallest absolute Gasteiger partial charge is 0.241 e. The van der Waals surface area contributed by atoms with Gasteiger partial charge in [0.1, 0.15) is 0 Å². The average Bonchev–Trinajstić information content (AvgIpc) is 2.44. The third-order valence-electron chi connectivity index (χ3n) is 2.94. The Morgan fingerprint density at radius 2 is 1.85 bits per heavy atom. The van der Waals surface area contributed by atoms with E-state index in [1.165, 1.54) is 0 Å². The fraction of sp³-hybridized carbons (Fsp3) is 0.286. The summed E-state index contributed by atoms with van der Waals surface area (Å²) in [6.45, 7) is 0.893. The van der Waals surface area contributed by atoms with Crippen molar-refractivity contribution in [3.63, 3.8) is 0 Å². The van der Waals surface area contributed by atoms with E-state index in [4.69, 9.17) is 4.74 Å². The molecule has 0 saturated heterocycles. The summed E-state index contributed by atoms with van der Waals surface area (Å²) in [7, 11) is -1.92. The molecule has 0 spiro atoms. The van der Waals surface area contributed by atoms with Gasteiger partial charge in [0.2, 0.25) is 10.0 Å². The lowest BCUT2D eigenvalue weighted by Gasteiger charge is -2.10. The van der Waals surface area contributed by atoms with E-state index >= 15 is 0 Å². The van der Waals surface area contributed by atoms with Crippen LogP contribution in [0.5, 0.6) is 0 Å². The first-order valence-corrected chi connectivity index (χ1v) is 8.50. The van der Waals surface area contributed by atoms with Crippen molar-refractivity contribution in [3.05, 3.63) is 40.9 Å². The Morgan fingerprint density at radius 3 is 2.55 bits per heavy atom. The molecule has 0 amide bonds. The van der Waals surface area contributed by atoms with E-state index in [9.17, 15) is 8.42 Å². The van der Waals surface area contributed by atoms with Crippen LogP contribution in [-0.4, -0.2) is 28.7 Å². The predicted molar refractivity (Wildman–Crippen MR) is 83.3 cm³/mol. The molecule has 0 unspecified atom stereocenters. The van der Waals surface area contributed by atoms with Gasteiger partial charge >= 0.3 is 0 Å². The monoisotopic (exact) mass is 357 g/mol. The van der Waals surface area contributed by atoms with Crippen LogP contribution < -0.4 is 4.72 Å². The minimum absolute atomic E-state index is 0.300. The van der Waals surface area contributed by atoms with Gasteiger partial charge in [0, 0.05) is 30.1 Å². The number of hydrogen-bond acceptors (Lipinski definition) is 3. The van der Waals surface area contributed by atoms with Crippen molar-refractivity contribution in [1.29, 1.82) is 0 Å². The molecule has 0 aliphatic heterocycles. The van der Waals surface area contributed by atoms with Crippen molar-refractivity contribution >= 4 is 36.7 Å². The molecule has 20 heavy (non-hydrogen) atoms. The van der Waals surface area contributed by atoms with Crippen molar-refractivity contribution in [2.75, 3.05) is 20.3 Å². The fourth-order valence-electron chi connectivity index (χ4n) is 1.97. The van der Waals surface area contributed by atoms with E-state index < -0.39 is 10.0 Å². The summed E-state index contributed by atoms with van der Waals surface area (Å²) in [6, 6.07) is 10.8. The molecule has 4 nitrogen and oxygen atoms in total. The zero-order valence-corrected chi connectivity index (χ0v) is 13.5. The first-order valence-electron chi connectivity index (χ1n) is 6.22. The average molecular weight is 358 g/mol. The maximum Gasteiger partial charge on any atom is 0.241 e. The van der Waals surface area contributed by atoms with Crippen LogP contribution in [0.3, 0.4) is 0 Å². The lowest BCUT2D eigenvalue weighted by molar-refractivity contribution is 0.196. The molecular weight excluding hydrogens is 342 g/mol. The van der Waals surface area contributed by atoms with E-state index in [0.717, 1.165) is 9.86 Å². The van der Waals surface area contributed by atoms with Crippen LogP contribution in [0.4, 0.5) is 0 Å². The zero-order valence-electron chi connectivity index (χ0n) is 11.1. The van der Waals surface area contributed by atoms with Gasteiger partial charge in [-0.25, -0.2) is 13.1 Å². The van der Waals surface area contributed by atoms with Crippen LogP contribution in [0, 0.1) is 0 Å². The molecule has 0 radical (unpaired) electrons. The Morgan fingerprint density at radius 1 is 1.15 bits per heavy atom. The van der Waals surface area contributed by atoms with Crippen LogP contribution in [-0.2, 0) is 14.8 Å². The molecule has 6 heteroatoms. The topological polar surface area (TPSA) is 55.4 Å². The molecule has 1 N–H and O–H groups in total. The highest BCUT2D eigenvalue weighted by Crippen LogP contribution is 2.29. The largest absolute Gasteiger partial charge is 0.385 e. The van der Waals surface area contributed by atoms with Crippen LogP contribution in [0.2, 0.25) is 0 Å². The number of sulfonamides is 1. The second-order valence-corrected chi connectivity index (χ2v) is 6.92. The number of hydrogen-bond donors (Lipinski definition) is 1. The Bertz CT molecular complexity index is 701. The highest BCUT2D eigenvalue weighted by atomic mass is 79.9. The van der Waals surface area contributed by atoms with Gasteiger partial charge in [-0.1, -0.05) is 40.2 Å². The van der Waals surface area contributed by atoms with E-state index in [1.807, 2.05) is 24.3 Å². The quantitative estimate of drug-likeness (QED) is 0.808. The van der Waals surface area contributed by atoms with Crippen LogP contribution in [0.25, 0.3) is 10.8 Å². The first-order chi connectivity index (χ1) is 9.56. The Labute approximate surface area is 127 Å². The highest BCUT2D eigenvalue weighted by Gasteiger charge is 2.17. The lowest BCUT2D eigenvalue weighted by atomic mass is 10.1. The van der Waals surface area contributed by atoms with Gasteiger partial charge in [0.25, 0.3) is 0 Å². The van der Waals surface area contributed by atoms with Crippen LogP contribution in [0.15, 0.2) is 45.8 Å². The SMILES string of the molecule is COCCCNS(=O)(=O)c1ccc(Br)c2ccccc12. The molecule has 2 rings (SSSR count). The standard InChI is InChI=1S/C14H16BrNO3S/c1-19-10-4-9-16-20(17,18)14-8-7-13(15)11-5-2-3-6-12(11)14/h2-3,5-8,16H,4,9-10H2,1H3. The van der Waals surface area contributed by atoms with Crippen molar-refractivity contribution in [1.82, 2.24) is 4.72 Å². The normalized spacial score (nSPS) is 11.9. The summed E-state index contributed by atoms with van der Waals surface area (Å²) >= 11 is 3.44. The highest BCUT2D eigenvalue weighted by molar-refractivity contribution is 9.10. The molecule has 0 fully saturated rings. The molecule has 108 valence electrons. The molecule has 2 aromatic carbocycles. The summed E-state index contributed by atoms with van der Waals surface area (Å²) in [5.74, 6) is 0. The fourth-order valence-corrected chi connectivity index (χ4v) is 3.73. The van der Waals surface area contributed by atoms with Crippen LogP contribution >= 0.6 is 15.9 Å². The first kappa shape index (κ1) is 15.4. The summed E-state index contributed by atoms with van der Waals surface area (Å²) < 4.78 is 33.1. The number of benzene rings is 2. The van der Waals surface area contributed by atoms with Gasteiger partial charge in [0.15, 0.2) is 0 Å². The minimum atomic E-state index is -3.51. The number of nitrogens with one attached hydrogen (secondary N) is 1. The molecule has 0 aromatic heterocycles. The Kier molecular flexibility index (Phi) is 5.15. The van der Waals surface area contributed by atoms with Gasteiger partial charge < -0.3 is 4.74 Å². The summed E-state index contributed by atoms with van der Waals surface area (Å²) in [5, 5.41) is 1.59. The number of ether oxygens (including phenoxy) is 1.